The number of hydrogen-bond acceptors (Lipinski definition) is 2. The molecule has 2 nitrogen and oxygen atoms in total. The summed E-state index contributed by atoms with van der Waals surface area (Å²) in [6, 6.07) is 0. The van der Waals surface area contributed by atoms with Crippen molar-refractivity contribution in [1.82, 2.24) is 0 Å². The lowest BCUT2D eigenvalue weighted by molar-refractivity contribution is 0.320. The van der Waals surface area contributed by atoms with Crippen LogP contribution in [-0.2, 0) is 0 Å². The maximum Gasteiger partial charge on any atom is 0.119 e. The third-order valence-electron chi connectivity index (χ3n) is 0.138. The van der Waals surface area contributed by atoms with Gasteiger partial charge in [-0.2, -0.15) is 0 Å². The highest BCUT2D eigenvalue weighted by Gasteiger charge is 1.68. The summed E-state index contributed by atoms with van der Waals surface area (Å²) in [5.41, 5.74) is 0. The molecule has 0 radical (unpaired) electrons. The number of halogens is 1. The molecule has 3 heteroatoms. The summed E-state index contributed by atoms with van der Waals surface area (Å²) in [6.07, 6.45) is 0. The van der Waals surface area contributed by atoms with Crippen LogP contribution in [0.25, 0.3) is 0 Å². The van der Waals surface area contributed by atoms with E-state index in [1.807, 2.05) is 0 Å². The maximum atomic E-state index is 7.68. The molecule has 0 aliphatic heterocycles. The van der Waals surface area contributed by atoms with Gasteiger partial charge in [-0.05, 0) is 22.9 Å². The van der Waals surface area contributed by atoms with E-state index in [2.05, 4.69) is 21.1 Å². The minimum atomic E-state index is 0.498. The Bertz CT molecular complexity index is 47.6. The van der Waals surface area contributed by atoms with Crippen LogP contribution in [0, 0.1) is 0 Å². The minimum absolute atomic E-state index is 0.498. The molecule has 0 amide bonds. The average molecular weight is 138 g/mol. The monoisotopic (exact) mass is 137 g/mol. The Morgan fingerprint density at radius 2 is 2.20 bits per heavy atom. The minimum Gasteiger partial charge on any atom is -0.410 e. The predicted octanol–water partition coefficient (Wildman–Crippen LogP) is 1.19. The summed E-state index contributed by atoms with van der Waals surface area (Å²) < 4.78 is 0.498. The molecule has 0 aliphatic carbocycles. The Kier molecular flexibility index (Phi) is 2.18. The van der Waals surface area contributed by atoms with Crippen molar-refractivity contribution in [3.05, 3.63) is 0 Å². The van der Waals surface area contributed by atoms with Gasteiger partial charge in [-0.25, -0.2) is 0 Å². The zero-order valence-electron chi connectivity index (χ0n) is 2.77. The van der Waals surface area contributed by atoms with Crippen molar-refractivity contribution in [1.29, 1.82) is 0 Å². The van der Waals surface area contributed by atoms with Gasteiger partial charge in [-0.1, -0.05) is 5.16 Å². The molecular formula is C2H4BrNO. The van der Waals surface area contributed by atoms with Crippen LogP contribution >= 0.6 is 15.9 Å². The van der Waals surface area contributed by atoms with Gasteiger partial charge in [0.05, 0.1) is 0 Å². The fraction of sp³-hybridized carbons (Fsp3) is 0.500. The highest BCUT2D eigenvalue weighted by atomic mass is 79.9. The Labute approximate surface area is 38.6 Å². The topological polar surface area (TPSA) is 32.6 Å². The van der Waals surface area contributed by atoms with Gasteiger partial charge in [0.1, 0.15) is 4.62 Å². The first-order valence-corrected chi connectivity index (χ1v) is 1.91. The fourth-order valence-electron chi connectivity index (χ4n) is 0. The Balaban J connectivity index is 3.14. The largest absolute Gasteiger partial charge is 0.410 e. The van der Waals surface area contributed by atoms with Crippen LogP contribution in [0.5, 0.6) is 0 Å². The fourth-order valence-corrected chi connectivity index (χ4v) is 0. The number of nitrogens with zero attached hydrogens (tertiary/aromatic N) is 1. The molecule has 0 rings (SSSR count). The second-order valence-corrected chi connectivity index (χ2v) is 1.74. The van der Waals surface area contributed by atoms with Gasteiger partial charge in [-0.15, -0.1) is 0 Å². The summed E-state index contributed by atoms with van der Waals surface area (Å²) in [4.78, 5) is 0. The summed E-state index contributed by atoms with van der Waals surface area (Å²) in [7, 11) is 0. The van der Waals surface area contributed by atoms with Crippen molar-refractivity contribution >= 4 is 20.6 Å². The van der Waals surface area contributed by atoms with Gasteiger partial charge in [-0.3, -0.25) is 0 Å². The van der Waals surface area contributed by atoms with Crippen molar-refractivity contribution in [2.45, 2.75) is 6.92 Å². The van der Waals surface area contributed by atoms with Gasteiger partial charge in [0.25, 0.3) is 0 Å². The van der Waals surface area contributed by atoms with E-state index in [9.17, 15) is 0 Å². The zero-order chi connectivity index (χ0) is 4.28. The van der Waals surface area contributed by atoms with Crippen LogP contribution in [-0.4, -0.2) is 9.83 Å². The lowest BCUT2D eigenvalue weighted by Gasteiger charge is -1.69. The van der Waals surface area contributed by atoms with Crippen molar-refractivity contribution in [2.24, 2.45) is 5.16 Å². The first-order chi connectivity index (χ1) is 2.27. The smallest absolute Gasteiger partial charge is 0.119 e. The van der Waals surface area contributed by atoms with E-state index in [0.29, 0.717) is 4.62 Å². The molecule has 0 aromatic rings. The first-order valence-electron chi connectivity index (χ1n) is 1.11. The molecule has 0 saturated carbocycles. The summed E-state index contributed by atoms with van der Waals surface area (Å²) in [6.45, 7) is 1.64. The molecule has 0 aromatic carbocycles. The average Bonchev–Trinajstić information content (AvgIpc) is 1.38. The second-order valence-electron chi connectivity index (χ2n) is 0.597. The van der Waals surface area contributed by atoms with E-state index >= 15 is 0 Å². The van der Waals surface area contributed by atoms with E-state index < -0.39 is 0 Å². The van der Waals surface area contributed by atoms with E-state index in [0.717, 1.165) is 0 Å². The van der Waals surface area contributed by atoms with Crippen LogP contribution < -0.4 is 0 Å². The SMILES string of the molecule is C/C(Br)=N\O. The molecule has 0 heterocycles. The molecule has 30 valence electrons. The highest BCUT2D eigenvalue weighted by Crippen LogP contribution is 1.81. The lowest BCUT2D eigenvalue weighted by Crippen LogP contribution is -1.67. The first kappa shape index (κ1) is 4.95. The maximum absolute atomic E-state index is 7.68. The van der Waals surface area contributed by atoms with E-state index in [1.54, 1.807) is 6.92 Å². The number of oxime groups is 1. The predicted molar refractivity (Wildman–Crippen MR) is 23.8 cm³/mol. The Morgan fingerprint density at radius 1 is 2.00 bits per heavy atom. The number of hydrogen-bond donors (Lipinski definition) is 1. The third-order valence-corrected chi connectivity index (χ3v) is 0.296. The molecule has 0 saturated heterocycles. The van der Waals surface area contributed by atoms with Crippen molar-refractivity contribution in [3.63, 3.8) is 0 Å². The number of rotatable bonds is 0. The van der Waals surface area contributed by atoms with Crippen molar-refractivity contribution < 1.29 is 5.21 Å². The molecule has 0 spiro atoms. The standard InChI is InChI=1S/C2H4BrNO/c1-2(3)4-5/h5H,1H3/b4-2+. The molecule has 0 bridgehead atoms. The van der Waals surface area contributed by atoms with Crippen LogP contribution in [0.2, 0.25) is 0 Å². The van der Waals surface area contributed by atoms with Gasteiger partial charge in [0.15, 0.2) is 0 Å². The quantitative estimate of drug-likeness (QED) is 0.304. The normalized spacial score (nSPS) is 12.0. The van der Waals surface area contributed by atoms with Gasteiger partial charge < -0.3 is 5.21 Å². The lowest BCUT2D eigenvalue weighted by atomic mass is 10.9. The molecule has 0 aromatic heterocycles. The van der Waals surface area contributed by atoms with E-state index in [1.165, 1.54) is 0 Å². The molecule has 0 atom stereocenters. The van der Waals surface area contributed by atoms with Gasteiger partial charge in [0, 0.05) is 0 Å². The molecule has 0 aliphatic rings. The van der Waals surface area contributed by atoms with E-state index in [4.69, 9.17) is 5.21 Å². The van der Waals surface area contributed by atoms with Crippen LogP contribution in [0.3, 0.4) is 0 Å². The van der Waals surface area contributed by atoms with Crippen LogP contribution in [0.1, 0.15) is 6.92 Å². The Morgan fingerprint density at radius 3 is 2.20 bits per heavy atom. The zero-order valence-corrected chi connectivity index (χ0v) is 4.36. The molecular weight excluding hydrogens is 134 g/mol. The van der Waals surface area contributed by atoms with Gasteiger partial charge >= 0.3 is 0 Å². The van der Waals surface area contributed by atoms with Gasteiger partial charge in [0.2, 0.25) is 0 Å². The summed E-state index contributed by atoms with van der Waals surface area (Å²) in [5.74, 6) is 0. The summed E-state index contributed by atoms with van der Waals surface area (Å²) >= 11 is 2.87. The molecule has 1 N–H and O–H groups in total. The van der Waals surface area contributed by atoms with E-state index in [-0.39, 0.29) is 0 Å². The Hall–Kier alpha value is -0.0500. The summed E-state index contributed by atoms with van der Waals surface area (Å²) in [5, 5.41) is 10.4. The third kappa shape index (κ3) is 3.95. The van der Waals surface area contributed by atoms with Crippen molar-refractivity contribution in [2.75, 3.05) is 0 Å². The van der Waals surface area contributed by atoms with Crippen LogP contribution in [0.4, 0.5) is 0 Å². The molecule has 0 fully saturated rings. The second kappa shape index (κ2) is 2.20. The highest BCUT2D eigenvalue weighted by molar-refractivity contribution is 9.18. The van der Waals surface area contributed by atoms with Crippen molar-refractivity contribution in [3.8, 4) is 0 Å². The van der Waals surface area contributed by atoms with Crippen LogP contribution in [0.15, 0.2) is 5.16 Å². The molecule has 0 unspecified atom stereocenters. The molecule has 5 heavy (non-hydrogen) atoms.